The first kappa shape index (κ1) is 19.3. The van der Waals surface area contributed by atoms with Crippen LogP contribution in [0.15, 0.2) is 36.4 Å². The smallest absolute Gasteiger partial charge is 0.119 e. The van der Waals surface area contributed by atoms with Gasteiger partial charge < -0.3 is 4.74 Å². The molecule has 2 aromatic rings. The van der Waals surface area contributed by atoms with Crippen molar-refractivity contribution in [2.24, 2.45) is 5.92 Å². The minimum atomic E-state index is 0.766. The molecule has 0 amide bonds. The molecule has 0 aromatic heterocycles. The molecule has 142 valence electrons. The highest BCUT2D eigenvalue weighted by atomic mass is 16.5. The van der Waals surface area contributed by atoms with Gasteiger partial charge in [0.15, 0.2) is 0 Å². The maximum atomic E-state index is 5.85. The molecule has 1 saturated carbocycles. The van der Waals surface area contributed by atoms with E-state index in [1.165, 1.54) is 68.6 Å². The monoisotopic (exact) mass is 352 g/mol. The van der Waals surface area contributed by atoms with Crippen LogP contribution >= 0.6 is 0 Å². The molecule has 0 unspecified atom stereocenters. The van der Waals surface area contributed by atoms with E-state index >= 15 is 0 Å². The van der Waals surface area contributed by atoms with Crippen molar-refractivity contribution in [1.82, 2.24) is 0 Å². The van der Waals surface area contributed by atoms with Crippen LogP contribution in [0, 0.1) is 5.92 Å². The minimum absolute atomic E-state index is 0.766. The average Bonchev–Trinajstić information content (AvgIpc) is 2.68. The Bertz CT molecular complexity index is 667. The van der Waals surface area contributed by atoms with Crippen LogP contribution in [0.3, 0.4) is 0 Å². The molecule has 1 heteroatoms. The summed E-state index contributed by atoms with van der Waals surface area (Å²) in [5.41, 5.74) is 1.55. The van der Waals surface area contributed by atoms with Crippen LogP contribution in [0.5, 0.6) is 5.75 Å². The molecule has 0 bridgehead atoms. The van der Waals surface area contributed by atoms with Gasteiger partial charge in [-0.25, -0.2) is 0 Å². The second kappa shape index (κ2) is 10.00. The fraction of sp³-hybridized carbons (Fsp3) is 0.600. The van der Waals surface area contributed by atoms with Gasteiger partial charge in [-0.2, -0.15) is 0 Å². The lowest BCUT2D eigenvalue weighted by atomic mass is 9.77. The summed E-state index contributed by atoms with van der Waals surface area (Å²) in [6.07, 6.45) is 13.6. The lowest BCUT2D eigenvalue weighted by Gasteiger charge is -2.29. The fourth-order valence-electron chi connectivity index (χ4n) is 4.39. The number of ether oxygens (including phenoxy) is 1. The number of hydrogen-bond acceptors (Lipinski definition) is 1. The molecule has 0 heterocycles. The van der Waals surface area contributed by atoms with Crippen LogP contribution < -0.4 is 4.74 Å². The van der Waals surface area contributed by atoms with Crippen LogP contribution in [0.2, 0.25) is 0 Å². The summed E-state index contributed by atoms with van der Waals surface area (Å²) in [7, 11) is 0. The summed E-state index contributed by atoms with van der Waals surface area (Å²) < 4.78 is 5.85. The molecule has 1 aliphatic carbocycles. The second-order valence-corrected chi connectivity index (χ2v) is 8.18. The van der Waals surface area contributed by atoms with E-state index in [4.69, 9.17) is 4.74 Å². The topological polar surface area (TPSA) is 9.23 Å². The maximum absolute atomic E-state index is 5.85. The quantitative estimate of drug-likeness (QED) is 0.417. The van der Waals surface area contributed by atoms with E-state index in [0.717, 1.165) is 30.6 Å². The van der Waals surface area contributed by atoms with E-state index in [0.29, 0.717) is 0 Å². The minimum Gasteiger partial charge on any atom is -0.494 e. The molecule has 1 fully saturated rings. The van der Waals surface area contributed by atoms with Gasteiger partial charge in [0.2, 0.25) is 0 Å². The zero-order valence-corrected chi connectivity index (χ0v) is 16.8. The lowest BCUT2D eigenvalue weighted by Crippen LogP contribution is -2.13. The van der Waals surface area contributed by atoms with Crippen LogP contribution in [0.1, 0.15) is 89.5 Å². The Kier molecular flexibility index (Phi) is 7.41. The van der Waals surface area contributed by atoms with Crippen molar-refractivity contribution in [2.75, 3.05) is 6.61 Å². The molecule has 0 radical (unpaired) electrons. The van der Waals surface area contributed by atoms with Gasteiger partial charge in [0, 0.05) is 0 Å². The van der Waals surface area contributed by atoms with E-state index in [2.05, 4.69) is 50.2 Å². The zero-order chi connectivity index (χ0) is 18.2. The molecule has 0 atom stereocenters. The standard InChI is InChI=1S/C25H36O/c1-3-5-7-8-20-9-11-21(12-10-20)22-13-14-24-19-25(26-17-6-4-2)16-15-23(24)18-22/h13-16,18-21H,3-12,17H2,1-2H3/t20-,21-. The Morgan fingerprint density at radius 3 is 2.31 bits per heavy atom. The predicted molar refractivity (Wildman–Crippen MR) is 113 cm³/mol. The third-order valence-corrected chi connectivity index (χ3v) is 6.14. The Labute approximate surface area is 160 Å². The molecular weight excluding hydrogens is 316 g/mol. The summed E-state index contributed by atoms with van der Waals surface area (Å²) in [5.74, 6) is 2.76. The third kappa shape index (κ3) is 5.25. The van der Waals surface area contributed by atoms with Gasteiger partial charge in [-0.05, 0) is 72.4 Å². The van der Waals surface area contributed by atoms with Crippen molar-refractivity contribution in [2.45, 2.75) is 84.0 Å². The Hall–Kier alpha value is -1.50. The number of hydrogen-bond donors (Lipinski definition) is 0. The van der Waals surface area contributed by atoms with Crippen LogP contribution in [-0.4, -0.2) is 6.61 Å². The average molecular weight is 353 g/mol. The molecule has 1 aliphatic rings. The molecule has 0 saturated heterocycles. The first-order valence-corrected chi connectivity index (χ1v) is 11.0. The lowest BCUT2D eigenvalue weighted by molar-refractivity contribution is 0.303. The van der Waals surface area contributed by atoms with Crippen molar-refractivity contribution < 1.29 is 4.74 Å². The van der Waals surface area contributed by atoms with Gasteiger partial charge in [-0.1, -0.05) is 70.2 Å². The largest absolute Gasteiger partial charge is 0.494 e. The highest BCUT2D eigenvalue weighted by Gasteiger charge is 2.22. The van der Waals surface area contributed by atoms with E-state index in [1.807, 2.05) is 0 Å². The van der Waals surface area contributed by atoms with Gasteiger partial charge >= 0.3 is 0 Å². The Morgan fingerprint density at radius 1 is 0.808 bits per heavy atom. The number of fused-ring (bicyclic) bond motifs is 1. The maximum Gasteiger partial charge on any atom is 0.119 e. The molecule has 26 heavy (non-hydrogen) atoms. The van der Waals surface area contributed by atoms with Crippen molar-refractivity contribution >= 4 is 10.8 Å². The van der Waals surface area contributed by atoms with Crippen molar-refractivity contribution in [3.63, 3.8) is 0 Å². The molecule has 3 rings (SSSR count). The molecule has 0 N–H and O–H groups in total. The molecular formula is C25H36O. The summed E-state index contributed by atoms with van der Waals surface area (Å²) in [6.45, 7) is 5.32. The van der Waals surface area contributed by atoms with Gasteiger partial charge in [0.1, 0.15) is 5.75 Å². The van der Waals surface area contributed by atoms with Crippen LogP contribution in [0.25, 0.3) is 10.8 Å². The van der Waals surface area contributed by atoms with Crippen LogP contribution in [-0.2, 0) is 0 Å². The van der Waals surface area contributed by atoms with E-state index in [-0.39, 0.29) is 0 Å². The molecule has 1 nitrogen and oxygen atoms in total. The van der Waals surface area contributed by atoms with Gasteiger partial charge in [-0.15, -0.1) is 0 Å². The summed E-state index contributed by atoms with van der Waals surface area (Å²) in [6, 6.07) is 13.6. The molecule has 2 aromatic carbocycles. The SMILES string of the molecule is CCCCC[C@H]1CC[C@H](c2ccc3cc(OCCCC)ccc3c2)CC1. The van der Waals surface area contributed by atoms with E-state index < -0.39 is 0 Å². The first-order valence-electron chi connectivity index (χ1n) is 11.0. The summed E-state index contributed by atoms with van der Waals surface area (Å²) in [5, 5.41) is 2.66. The second-order valence-electron chi connectivity index (χ2n) is 8.18. The first-order chi connectivity index (χ1) is 12.8. The number of rotatable bonds is 9. The fourth-order valence-corrected chi connectivity index (χ4v) is 4.39. The molecule has 0 spiro atoms. The van der Waals surface area contributed by atoms with Gasteiger partial charge in [-0.3, -0.25) is 0 Å². The van der Waals surface area contributed by atoms with E-state index in [1.54, 1.807) is 5.56 Å². The highest BCUT2D eigenvalue weighted by molar-refractivity contribution is 5.84. The van der Waals surface area contributed by atoms with Crippen molar-refractivity contribution in [1.29, 1.82) is 0 Å². The molecule has 0 aliphatic heterocycles. The van der Waals surface area contributed by atoms with E-state index in [9.17, 15) is 0 Å². The van der Waals surface area contributed by atoms with Crippen LogP contribution in [0.4, 0.5) is 0 Å². The third-order valence-electron chi connectivity index (χ3n) is 6.14. The summed E-state index contributed by atoms with van der Waals surface area (Å²) in [4.78, 5) is 0. The summed E-state index contributed by atoms with van der Waals surface area (Å²) >= 11 is 0. The number of benzene rings is 2. The zero-order valence-electron chi connectivity index (χ0n) is 16.8. The predicted octanol–water partition coefficient (Wildman–Crippen LogP) is 7.87. The van der Waals surface area contributed by atoms with Crippen molar-refractivity contribution in [3.05, 3.63) is 42.0 Å². The Morgan fingerprint density at radius 2 is 1.54 bits per heavy atom. The normalized spacial score (nSPS) is 20.4. The number of unbranched alkanes of at least 4 members (excludes halogenated alkanes) is 3. The van der Waals surface area contributed by atoms with Gasteiger partial charge in [0.25, 0.3) is 0 Å². The highest BCUT2D eigenvalue weighted by Crippen LogP contribution is 2.38. The van der Waals surface area contributed by atoms with Gasteiger partial charge in [0.05, 0.1) is 6.61 Å². The Balaban J connectivity index is 1.58. The van der Waals surface area contributed by atoms with Crippen molar-refractivity contribution in [3.8, 4) is 5.75 Å².